The Balaban J connectivity index is 2.46. The summed E-state index contributed by atoms with van der Waals surface area (Å²) in [7, 11) is 1.88. The molecule has 1 N–H and O–H groups in total. The maximum atomic E-state index is 8.91. The molecule has 0 aliphatic rings. The number of aliphatic hydroxyl groups is 1. The minimum Gasteiger partial charge on any atom is -0.388 e. The molecule has 0 saturated carbocycles. The van der Waals surface area contributed by atoms with E-state index in [4.69, 9.17) is 5.11 Å². The molecule has 0 bridgehead atoms. The number of aliphatic hydroxyl groups excluding tert-OH is 1. The van der Waals surface area contributed by atoms with E-state index in [0.717, 1.165) is 10.9 Å². The molecule has 1 aromatic heterocycles. The molecular formula is C9H17N3OS. The Labute approximate surface area is 88.7 Å². The Morgan fingerprint density at radius 2 is 2.14 bits per heavy atom. The van der Waals surface area contributed by atoms with Gasteiger partial charge in [-0.05, 0) is 12.3 Å². The summed E-state index contributed by atoms with van der Waals surface area (Å²) >= 11 is 1.69. The van der Waals surface area contributed by atoms with Crippen molar-refractivity contribution < 1.29 is 5.11 Å². The smallest absolute Gasteiger partial charge is 0.191 e. The highest BCUT2D eigenvalue weighted by Crippen LogP contribution is 2.18. The summed E-state index contributed by atoms with van der Waals surface area (Å²) < 4.78 is 1.84. The molecular weight excluding hydrogens is 198 g/mol. The molecule has 0 saturated heterocycles. The van der Waals surface area contributed by atoms with E-state index in [9.17, 15) is 0 Å². The number of hydrogen-bond acceptors (Lipinski definition) is 4. The normalized spacial score (nSPS) is 11.2. The van der Waals surface area contributed by atoms with E-state index in [1.807, 2.05) is 11.6 Å². The van der Waals surface area contributed by atoms with Gasteiger partial charge in [0.05, 0.1) is 0 Å². The van der Waals surface area contributed by atoms with Crippen molar-refractivity contribution in [3.05, 3.63) is 5.82 Å². The molecule has 0 radical (unpaired) electrons. The van der Waals surface area contributed by atoms with E-state index in [2.05, 4.69) is 24.0 Å². The van der Waals surface area contributed by atoms with Crippen LogP contribution >= 0.6 is 11.8 Å². The molecule has 0 atom stereocenters. The molecule has 80 valence electrons. The highest BCUT2D eigenvalue weighted by atomic mass is 32.2. The van der Waals surface area contributed by atoms with Gasteiger partial charge in [-0.25, -0.2) is 0 Å². The first kappa shape index (κ1) is 11.5. The van der Waals surface area contributed by atoms with Crippen molar-refractivity contribution in [1.82, 2.24) is 14.8 Å². The van der Waals surface area contributed by atoms with Gasteiger partial charge in [-0.1, -0.05) is 25.6 Å². The van der Waals surface area contributed by atoms with E-state index in [0.29, 0.717) is 11.7 Å². The molecule has 0 aromatic carbocycles. The van der Waals surface area contributed by atoms with Crippen molar-refractivity contribution >= 4 is 11.8 Å². The molecule has 0 amide bonds. The van der Waals surface area contributed by atoms with Gasteiger partial charge in [-0.2, -0.15) is 0 Å². The van der Waals surface area contributed by atoms with Crippen molar-refractivity contribution in [2.75, 3.05) is 5.75 Å². The van der Waals surface area contributed by atoms with Gasteiger partial charge < -0.3 is 9.67 Å². The van der Waals surface area contributed by atoms with Crippen molar-refractivity contribution in [1.29, 1.82) is 0 Å². The second kappa shape index (κ2) is 5.36. The number of hydrogen-bond donors (Lipinski definition) is 1. The number of aromatic nitrogens is 3. The lowest BCUT2D eigenvalue weighted by atomic mass is 10.2. The van der Waals surface area contributed by atoms with Crippen molar-refractivity contribution in [2.24, 2.45) is 13.0 Å². The van der Waals surface area contributed by atoms with E-state index in [1.54, 1.807) is 11.8 Å². The molecule has 4 nitrogen and oxygen atoms in total. The van der Waals surface area contributed by atoms with Crippen molar-refractivity contribution in [3.63, 3.8) is 0 Å². The largest absolute Gasteiger partial charge is 0.388 e. The fraction of sp³-hybridized carbons (Fsp3) is 0.778. The second-order valence-electron chi connectivity index (χ2n) is 3.65. The van der Waals surface area contributed by atoms with E-state index in [-0.39, 0.29) is 6.61 Å². The standard InChI is InChI=1S/C9H17N3OS/c1-7(2)4-5-14-9-11-10-8(6-13)12(9)3/h7,13H,4-6H2,1-3H3. The van der Waals surface area contributed by atoms with Crippen LogP contribution in [0, 0.1) is 5.92 Å². The first-order valence-electron chi connectivity index (χ1n) is 4.77. The van der Waals surface area contributed by atoms with Gasteiger partial charge in [0.2, 0.25) is 0 Å². The van der Waals surface area contributed by atoms with Crippen molar-refractivity contribution in [2.45, 2.75) is 32.0 Å². The van der Waals surface area contributed by atoms with Crippen LogP contribution in [0.4, 0.5) is 0 Å². The first-order valence-corrected chi connectivity index (χ1v) is 5.75. The zero-order valence-corrected chi connectivity index (χ0v) is 9.71. The summed E-state index contributed by atoms with van der Waals surface area (Å²) in [5.41, 5.74) is 0. The molecule has 0 unspecified atom stereocenters. The predicted octanol–water partition coefficient (Wildman–Crippen LogP) is 1.45. The molecule has 5 heteroatoms. The molecule has 0 fully saturated rings. The van der Waals surface area contributed by atoms with Gasteiger partial charge in [0.1, 0.15) is 6.61 Å². The minimum atomic E-state index is -0.0474. The van der Waals surface area contributed by atoms with Gasteiger partial charge >= 0.3 is 0 Å². The van der Waals surface area contributed by atoms with Crippen molar-refractivity contribution in [3.8, 4) is 0 Å². The predicted molar refractivity (Wildman–Crippen MR) is 57.1 cm³/mol. The van der Waals surface area contributed by atoms with Gasteiger partial charge in [-0.3, -0.25) is 0 Å². The molecule has 1 aromatic rings. The lowest BCUT2D eigenvalue weighted by molar-refractivity contribution is 0.266. The summed E-state index contributed by atoms with van der Waals surface area (Å²) in [6.07, 6.45) is 1.17. The third-order valence-corrected chi connectivity index (χ3v) is 3.05. The summed E-state index contributed by atoms with van der Waals surface area (Å²) in [6.45, 7) is 4.36. The summed E-state index contributed by atoms with van der Waals surface area (Å²) in [5.74, 6) is 2.39. The molecule has 0 aliphatic carbocycles. The van der Waals surface area contributed by atoms with Gasteiger partial charge in [-0.15, -0.1) is 10.2 Å². The Morgan fingerprint density at radius 3 is 2.64 bits per heavy atom. The molecule has 1 rings (SSSR count). The lowest BCUT2D eigenvalue weighted by Crippen LogP contribution is -1.99. The second-order valence-corrected chi connectivity index (χ2v) is 4.71. The molecule has 0 spiro atoms. The third-order valence-electron chi connectivity index (χ3n) is 1.99. The zero-order chi connectivity index (χ0) is 10.6. The quantitative estimate of drug-likeness (QED) is 0.755. The monoisotopic (exact) mass is 215 g/mol. The average Bonchev–Trinajstić information content (AvgIpc) is 2.47. The molecule has 14 heavy (non-hydrogen) atoms. The maximum absolute atomic E-state index is 8.91. The first-order chi connectivity index (χ1) is 6.65. The Bertz CT molecular complexity index is 286. The Morgan fingerprint density at radius 1 is 1.43 bits per heavy atom. The Hall–Kier alpha value is -0.550. The molecule has 1 heterocycles. The van der Waals surface area contributed by atoms with Crippen LogP contribution in [0.5, 0.6) is 0 Å². The van der Waals surface area contributed by atoms with Gasteiger partial charge in [0.15, 0.2) is 11.0 Å². The van der Waals surface area contributed by atoms with Gasteiger partial charge in [0, 0.05) is 12.8 Å². The lowest BCUT2D eigenvalue weighted by Gasteiger charge is -2.03. The van der Waals surface area contributed by atoms with Crippen LogP contribution in [0.1, 0.15) is 26.1 Å². The summed E-state index contributed by atoms with van der Waals surface area (Å²) in [4.78, 5) is 0. The van der Waals surface area contributed by atoms with Crippen LogP contribution < -0.4 is 0 Å². The topological polar surface area (TPSA) is 50.9 Å². The third kappa shape index (κ3) is 2.99. The molecule has 0 aliphatic heterocycles. The summed E-state index contributed by atoms with van der Waals surface area (Å²) in [6, 6.07) is 0. The van der Waals surface area contributed by atoms with E-state index in [1.165, 1.54) is 6.42 Å². The average molecular weight is 215 g/mol. The minimum absolute atomic E-state index is 0.0474. The highest BCUT2D eigenvalue weighted by Gasteiger charge is 2.07. The summed E-state index contributed by atoms with van der Waals surface area (Å²) in [5, 5.41) is 17.7. The van der Waals surface area contributed by atoms with Crippen LogP contribution in [-0.4, -0.2) is 25.6 Å². The van der Waals surface area contributed by atoms with E-state index >= 15 is 0 Å². The SMILES string of the molecule is CC(C)CCSc1nnc(CO)n1C. The van der Waals surface area contributed by atoms with Crippen LogP contribution in [0.3, 0.4) is 0 Å². The Kier molecular flexibility index (Phi) is 4.41. The van der Waals surface area contributed by atoms with E-state index < -0.39 is 0 Å². The van der Waals surface area contributed by atoms with Crippen LogP contribution in [0.25, 0.3) is 0 Å². The fourth-order valence-electron chi connectivity index (χ4n) is 0.994. The number of rotatable bonds is 5. The zero-order valence-electron chi connectivity index (χ0n) is 8.90. The van der Waals surface area contributed by atoms with Gasteiger partial charge in [0.25, 0.3) is 0 Å². The fourth-order valence-corrected chi connectivity index (χ4v) is 2.16. The highest BCUT2D eigenvalue weighted by molar-refractivity contribution is 7.99. The number of thioether (sulfide) groups is 1. The van der Waals surface area contributed by atoms with Crippen LogP contribution in [0.15, 0.2) is 5.16 Å². The van der Waals surface area contributed by atoms with Crippen LogP contribution in [0.2, 0.25) is 0 Å². The maximum Gasteiger partial charge on any atom is 0.191 e. The van der Waals surface area contributed by atoms with Crippen LogP contribution in [-0.2, 0) is 13.7 Å². The number of nitrogens with zero attached hydrogens (tertiary/aromatic N) is 3.